The third kappa shape index (κ3) is 3.68. The molecule has 0 saturated carbocycles. The minimum Gasteiger partial charge on any atom is -0.489 e. The average Bonchev–Trinajstić information content (AvgIpc) is 2.41. The Kier molecular flexibility index (Phi) is 4.34. The molecule has 2 rings (SSSR count). The highest BCUT2D eigenvalue weighted by atomic mass is 16.5. The number of ether oxygens (including phenoxy) is 1. The fraction of sp³-hybridized carbons (Fsp3) is 0.333. The first-order valence-electron chi connectivity index (χ1n) is 6.45. The summed E-state index contributed by atoms with van der Waals surface area (Å²) in [5.74, 6) is 0.855. The minimum atomic E-state index is 0.0746. The number of hydrogen-bond donors (Lipinski definition) is 1. The van der Waals surface area contributed by atoms with Gasteiger partial charge in [-0.15, -0.1) is 0 Å². The standard InChI is InChI=1S/C15H19N3O/c1-11(2)19-15-7-5-4-6-13(15)18-12(3)14-10-16-8-9-17-14/h4-12,18H,1-3H3. The van der Waals surface area contributed by atoms with Gasteiger partial charge in [0.25, 0.3) is 0 Å². The Bertz CT molecular complexity index is 514. The van der Waals surface area contributed by atoms with Crippen molar-refractivity contribution in [2.24, 2.45) is 0 Å². The van der Waals surface area contributed by atoms with Crippen LogP contribution in [0.3, 0.4) is 0 Å². The highest BCUT2D eigenvalue weighted by Crippen LogP contribution is 2.28. The third-order valence-electron chi connectivity index (χ3n) is 2.65. The van der Waals surface area contributed by atoms with Crippen molar-refractivity contribution in [2.75, 3.05) is 5.32 Å². The van der Waals surface area contributed by atoms with E-state index in [2.05, 4.69) is 22.2 Å². The Labute approximate surface area is 113 Å². The molecule has 0 aliphatic carbocycles. The fourth-order valence-electron chi connectivity index (χ4n) is 1.78. The Morgan fingerprint density at radius 2 is 1.89 bits per heavy atom. The van der Waals surface area contributed by atoms with Crippen LogP contribution in [0, 0.1) is 0 Å². The number of nitrogens with zero attached hydrogens (tertiary/aromatic N) is 2. The summed E-state index contributed by atoms with van der Waals surface area (Å²) in [5, 5.41) is 3.40. The molecule has 1 aromatic heterocycles. The second-order valence-electron chi connectivity index (χ2n) is 4.66. The predicted molar refractivity (Wildman–Crippen MR) is 76.3 cm³/mol. The molecule has 0 aliphatic rings. The van der Waals surface area contributed by atoms with Gasteiger partial charge in [0.1, 0.15) is 5.75 Å². The zero-order valence-electron chi connectivity index (χ0n) is 11.5. The Morgan fingerprint density at radius 1 is 1.11 bits per heavy atom. The monoisotopic (exact) mass is 257 g/mol. The van der Waals surface area contributed by atoms with Gasteiger partial charge in [-0.05, 0) is 32.9 Å². The van der Waals surface area contributed by atoms with Crippen LogP contribution in [-0.2, 0) is 0 Å². The van der Waals surface area contributed by atoms with Gasteiger partial charge >= 0.3 is 0 Å². The van der Waals surface area contributed by atoms with Crippen molar-refractivity contribution in [3.05, 3.63) is 48.5 Å². The van der Waals surface area contributed by atoms with Crippen LogP contribution in [0.1, 0.15) is 32.5 Å². The van der Waals surface area contributed by atoms with Crippen LogP contribution in [-0.4, -0.2) is 16.1 Å². The number of nitrogens with one attached hydrogen (secondary N) is 1. The molecule has 2 aromatic rings. The number of para-hydroxylation sites is 2. The van der Waals surface area contributed by atoms with Gasteiger partial charge in [-0.25, -0.2) is 0 Å². The highest BCUT2D eigenvalue weighted by Gasteiger charge is 2.10. The Morgan fingerprint density at radius 3 is 2.58 bits per heavy atom. The van der Waals surface area contributed by atoms with Crippen molar-refractivity contribution in [1.82, 2.24) is 9.97 Å². The SMILES string of the molecule is CC(C)Oc1ccccc1NC(C)c1cnccn1. The van der Waals surface area contributed by atoms with Gasteiger partial charge in [0.15, 0.2) is 0 Å². The molecule has 0 radical (unpaired) electrons. The summed E-state index contributed by atoms with van der Waals surface area (Å²) < 4.78 is 5.78. The Balaban J connectivity index is 2.15. The molecule has 1 unspecified atom stereocenters. The van der Waals surface area contributed by atoms with Gasteiger partial charge in [-0.2, -0.15) is 0 Å². The van der Waals surface area contributed by atoms with E-state index in [0.29, 0.717) is 0 Å². The first kappa shape index (κ1) is 13.3. The summed E-state index contributed by atoms with van der Waals surface area (Å²) in [5.41, 5.74) is 1.87. The van der Waals surface area contributed by atoms with Gasteiger partial charge < -0.3 is 10.1 Å². The lowest BCUT2D eigenvalue weighted by molar-refractivity contribution is 0.243. The molecule has 1 aromatic carbocycles. The van der Waals surface area contributed by atoms with Crippen LogP contribution in [0.15, 0.2) is 42.9 Å². The number of benzene rings is 1. The first-order chi connectivity index (χ1) is 9.16. The maximum absolute atomic E-state index is 5.78. The molecule has 0 bridgehead atoms. The predicted octanol–water partition coefficient (Wildman–Crippen LogP) is 3.44. The lowest BCUT2D eigenvalue weighted by Gasteiger charge is -2.19. The van der Waals surface area contributed by atoms with E-state index in [1.54, 1.807) is 18.6 Å². The molecule has 4 heteroatoms. The summed E-state index contributed by atoms with van der Waals surface area (Å²) in [6.45, 7) is 6.09. The number of aromatic nitrogens is 2. The highest BCUT2D eigenvalue weighted by molar-refractivity contribution is 5.57. The quantitative estimate of drug-likeness (QED) is 0.891. The van der Waals surface area contributed by atoms with Gasteiger partial charge in [0.05, 0.1) is 29.7 Å². The molecule has 0 fully saturated rings. The van der Waals surface area contributed by atoms with E-state index in [0.717, 1.165) is 17.1 Å². The van der Waals surface area contributed by atoms with E-state index in [9.17, 15) is 0 Å². The smallest absolute Gasteiger partial charge is 0.142 e. The maximum Gasteiger partial charge on any atom is 0.142 e. The summed E-state index contributed by atoms with van der Waals surface area (Å²) in [6, 6.07) is 8.00. The molecular weight excluding hydrogens is 238 g/mol. The van der Waals surface area contributed by atoms with Gasteiger partial charge in [0, 0.05) is 12.4 Å². The van der Waals surface area contributed by atoms with Crippen molar-refractivity contribution in [3.8, 4) is 5.75 Å². The van der Waals surface area contributed by atoms with Gasteiger partial charge in [0.2, 0.25) is 0 Å². The molecule has 1 N–H and O–H groups in total. The normalized spacial score (nSPS) is 12.2. The fourth-order valence-corrected chi connectivity index (χ4v) is 1.78. The van der Waals surface area contributed by atoms with Crippen LogP contribution in [0.25, 0.3) is 0 Å². The summed E-state index contributed by atoms with van der Waals surface area (Å²) in [7, 11) is 0. The van der Waals surface area contributed by atoms with Crippen LogP contribution in [0.5, 0.6) is 5.75 Å². The molecule has 0 saturated heterocycles. The van der Waals surface area contributed by atoms with Crippen LogP contribution in [0.2, 0.25) is 0 Å². The topological polar surface area (TPSA) is 47.0 Å². The molecule has 100 valence electrons. The van der Waals surface area contributed by atoms with Crippen molar-refractivity contribution in [1.29, 1.82) is 0 Å². The van der Waals surface area contributed by atoms with E-state index in [-0.39, 0.29) is 12.1 Å². The molecule has 1 atom stereocenters. The molecule has 0 amide bonds. The lowest BCUT2D eigenvalue weighted by atomic mass is 10.2. The zero-order chi connectivity index (χ0) is 13.7. The number of anilines is 1. The summed E-state index contributed by atoms with van der Waals surface area (Å²) >= 11 is 0. The second kappa shape index (κ2) is 6.18. The van der Waals surface area contributed by atoms with Crippen LogP contribution in [0.4, 0.5) is 5.69 Å². The Hall–Kier alpha value is -2.10. The number of hydrogen-bond acceptors (Lipinski definition) is 4. The second-order valence-corrected chi connectivity index (χ2v) is 4.66. The van der Waals surface area contributed by atoms with Crippen LogP contribution < -0.4 is 10.1 Å². The van der Waals surface area contributed by atoms with Crippen molar-refractivity contribution < 1.29 is 4.74 Å². The van der Waals surface area contributed by atoms with Gasteiger partial charge in [-0.1, -0.05) is 12.1 Å². The number of rotatable bonds is 5. The molecular formula is C15H19N3O. The van der Waals surface area contributed by atoms with Crippen molar-refractivity contribution in [3.63, 3.8) is 0 Å². The zero-order valence-corrected chi connectivity index (χ0v) is 11.5. The molecule has 1 heterocycles. The summed E-state index contributed by atoms with van der Waals surface area (Å²) in [4.78, 5) is 8.38. The lowest BCUT2D eigenvalue weighted by Crippen LogP contribution is -2.12. The molecule has 4 nitrogen and oxygen atoms in total. The van der Waals surface area contributed by atoms with E-state index < -0.39 is 0 Å². The molecule has 19 heavy (non-hydrogen) atoms. The largest absolute Gasteiger partial charge is 0.489 e. The van der Waals surface area contributed by atoms with E-state index in [4.69, 9.17) is 4.74 Å². The maximum atomic E-state index is 5.78. The van der Waals surface area contributed by atoms with Crippen molar-refractivity contribution in [2.45, 2.75) is 32.9 Å². The van der Waals surface area contributed by atoms with E-state index >= 15 is 0 Å². The third-order valence-corrected chi connectivity index (χ3v) is 2.65. The molecule has 0 spiro atoms. The van der Waals surface area contributed by atoms with Gasteiger partial charge in [-0.3, -0.25) is 9.97 Å². The minimum absolute atomic E-state index is 0.0746. The van der Waals surface area contributed by atoms with E-state index in [1.165, 1.54) is 0 Å². The van der Waals surface area contributed by atoms with Crippen LogP contribution >= 0.6 is 0 Å². The summed E-state index contributed by atoms with van der Waals surface area (Å²) in [6.07, 6.45) is 5.29. The average molecular weight is 257 g/mol. The van der Waals surface area contributed by atoms with E-state index in [1.807, 2.05) is 38.1 Å². The molecule has 0 aliphatic heterocycles. The van der Waals surface area contributed by atoms with Crippen molar-refractivity contribution >= 4 is 5.69 Å². The first-order valence-corrected chi connectivity index (χ1v) is 6.45.